The first-order chi connectivity index (χ1) is 9.61. The lowest BCUT2D eigenvalue weighted by molar-refractivity contribution is 0.625. The third kappa shape index (κ3) is 3.76. The zero-order valence-electron chi connectivity index (χ0n) is 11.8. The van der Waals surface area contributed by atoms with Crippen LogP contribution in [0.25, 0.3) is 0 Å². The minimum absolute atomic E-state index is 0.359. The fraction of sp³-hybridized carbons (Fsp3) is 0.294. The van der Waals surface area contributed by atoms with Crippen LogP contribution >= 0.6 is 23.2 Å². The topological polar surface area (TPSA) is 12.0 Å². The number of benzene rings is 2. The summed E-state index contributed by atoms with van der Waals surface area (Å²) in [6.45, 7) is 3.01. The van der Waals surface area contributed by atoms with Gasteiger partial charge in [0.05, 0.1) is 0 Å². The number of aryl methyl sites for hydroxylation is 1. The first kappa shape index (κ1) is 15.4. The van der Waals surface area contributed by atoms with Crippen LogP contribution in [0.3, 0.4) is 0 Å². The van der Waals surface area contributed by atoms with E-state index in [1.54, 1.807) is 0 Å². The van der Waals surface area contributed by atoms with Crippen molar-refractivity contribution >= 4 is 23.2 Å². The minimum Gasteiger partial charge on any atom is -0.319 e. The normalized spacial score (nSPS) is 12.4. The molecule has 0 spiro atoms. The van der Waals surface area contributed by atoms with E-state index in [-0.39, 0.29) is 0 Å². The Labute approximate surface area is 130 Å². The molecule has 2 rings (SSSR count). The summed E-state index contributed by atoms with van der Waals surface area (Å²) in [5.41, 5.74) is 3.61. The van der Waals surface area contributed by atoms with Crippen LogP contribution < -0.4 is 5.32 Å². The van der Waals surface area contributed by atoms with Gasteiger partial charge in [-0.25, -0.2) is 0 Å². The van der Waals surface area contributed by atoms with Gasteiger partial charge in [-0.15, -0.1) is 0 Å². The maximum Gasteiger partial charge on any atom is 0.0453 e. The van der Waals surface area contributed by atoms with E-state index >= 15 is 0 Å². The molecule has 1 nitrogen and oxygen atoms in total. The largest absolute Gasteiger partial charge is 0.319 e. The predicted octanol–water partition coefficient (Wildman–Crippen LogP) is 4.85. The summed E-state index contributed by atoms with van der Waals surface area (Å²) in [5, 5.41) is 4.74. The lowest BCUT2D eigenvalue weighted by Gasteiger charge is -2.19. The van der Waals surface area contributed by atoms with Gasteiger partial charge in [-0.2, -0.15) is 0 Å². The van der Waals surface area contributed by atoms with Gasteiger partial charge in [0.25, 0.3) is 0 Å². The molecule has 0 saturated carbocycles. The molecule has 1 N–H and O–H groups in total. The Morgan fingerprint density at radius 2 is 1.70 bits per heavy atom. The molecule has 0 saturated heterocycles. The smallest absolute Gasteiger partial charge is 0.0453 e. The molecule has 1 unspecified atom stereocenters. The van der Waals surface area contributed by atoms with Gasteiger partial charge >= 0.3 is 0 Å². The molecular formula is C17H19Cl2N. The fourth-order valence-electron chi connectivity index (χ4n) is 2.45. The number of likely N-dealkylation sites (N-methyl/N-ethyl adjacent to an activating group) is 1. The van der Waals surface area contributed by atoms with Crippen molar-refractivity contribution in [2.24, 2.45) is 0 Å². The highest BCUT2D eigenvalue weighted by Crippen LogP contribution is 2.30. The highest BCUT2D eigenvalue weighted by Gasteiger charge is 2.15. The Hall–Kier alpha value is -1.02. The van der Waals surface area contributed by atoms with Crippen LogP contribution in [0.2, 0.25) is 10.0 Å². The average Bonchev–Trinajstić information content (AvgIpc) is 2.42. The van der Waals surface area contributed by atoms with Crippen LogP contribution in [-0.2, 0) is 6.42 Å². The van der Waals surface area contributed by atoms with E-state index in [1.807, 2.05) is 25.2 Å². The highest BCUT2D eigenvalue weighted by molar-refractivity contribution is 6.36. The summed E-state index contributed by atoms with van der Waals surface area (Å²) < 4.78 is 0. The molecule has 0 aliphatic rings. The molecular weight excluding hydrogens is 289 g/mol. The van der Waals surface area contributed by atoms with Crippen LogP contribution in [-0.4, -0.2) is 13.6 Å². The molecule has 3 heteroatoms. The number of hydrogen-bond acceptors (Lipinski definition) is 1. The molecule has 2 aromatic rings. The van der Waals surface area contributed by atoms with Gasteiger partial charge in [0, 0.05) is 22.5 Å². The van der Waals surface area contributed by atoms with Crippen molar-refractivity contribution in [1.29, 1.82) is 0 Å². The molecule has 0 bridgehead atoms. The van der Waals surface area contributed by atoms with Gasteiger partial charge in [0.1, 0.15) is 0 Å². The van der Waals surface area contributed by atoms with Crippen LogP contribution in [0.5, 0.6) is 0 Å². The second-order valence-corrected chi connectivity index (χ2v) is 5.89. The summed E-state index contributed by atoms with van der Waals surface area (Å²) in [5.74, 6) is 0.359. The van der Waals surface area contributed by atoms with Crippen molar-refractivity contribution < 1.29 is 0 Å². The van der Waals surface area contributed by atoms with E-state index in [0.717, 1.165) is 28.6 Å². The molecule has 2 aromatic carbocycles. The summed E-state index contributed by atoms with van der Waals surface area (Å²) in [4.78, 5) is 0. The van der Waals surface area contributed by atoms with E-state index in [9.17, 15) is 0 Å². The molecule has 1 atom stereocenters. The zero-order valence-corrected chi connectivity index (χ0v) is 13.3. The maximum atomic E-state index is 6.29. The molecule has 0 amide bonds. The molecule has 0 aliphatic heterocycles. The first-order valence-corrected chi connectivity index (χ1v) is 7.51. The average molecular weight is 308 g/mol. The summed E-state index contributed by atoms with van der Waals surface area (Å²) in [7, 11) is 1.97. The third-order valence-electron chi connectivity index (χ3n) is 3.48. The van der Waals surface area contributed by atoms with Crippen LogP contribution in [0.15, 0.2) is 42.5 Å². The molecule has 106 valence electrons. The third-order valence-corrected chi connectivity index (χ3v) is 4.18. The molecule has 0 heterocycles. The van der Waals surface area contributed by atoms with Crippen molar-refractivity contribution in [1.82, 2.24) is 5.32 Å². The summed E-state index contributed by atoms with van der Waals surface area (Å²) >= 11 is 12.6. The SMILES string of the molecule is CNCC(Cc1c(Cl)cccc1Cl)c1cccc(C)c1. The lowest BCUT2D eigenvalue weighted by Crippen LogP contribution is -2.19. The van der Waals surface area contributed by atoms with Gasteiger partial charge < -0.3 is 5.32 Å². The van der Waals surface area contributed by atoms with Crippen molar-refractivity contribution in [2.45, 2.75) is 19.3 Å². The molecule has 0 radical (unpaired) electrons. The van der Waals surface area contributed by atoms with Gasteiger partial charge in [0.2, 0.25) is 0 Å². The van der Waals surface area contributed by atoms with Gasteiger partial charge in [-0.1, -0.05) is 59.1 Å². The molecule has 20 heavy (non-hydrogen) atoms. The van der Waals surface area contributed by atoms with Crippen LogP contribution in [0, 0.1) is 6.92 Å². The summed E-state index contributed by atoms with van der Waals surface area (Å²) in [6, 6.07) is 14.3. The van der Waals surface area contributed by atoms with E-state index in [1.165, 1.54) is 11.1 Å². The quantitative estimate of drug-likeness (QED) is 0.833. The maximum absolute atomic E-state index is 6.29. The first-order valence-electron chi connectivity index (χ1n) is 6.76. The monoisotopic (exact) mass is 307 g/mol. The van der Waals surface area contributed by atoms with Crippen molar-refractivity contribution in [3.05, 3.63) is 69.2 Å². The Balaban J connectivity index is 2.30. The Bertz CT molecular complexity index is 561. The van der Waals surface area contributed by atoms with Crippen LogP contribution in [0.1, 0.15) is 22.6 Å². The van der Waals surface area contributed by atoms with Crippen molar-refractivity contribution in [2.75, 3.05) is 13.6 Å². The van der Waals surface area contributed by atoms with Crippen molar-refractivity contribution in [3.63, 3.8) is 0 Å². The molecule has 0 fully saturated rings. The Morgan fingerprint density at radius 1 is 1.05 bits per heavy atom. The predicted molar refractivity (Wildman–Crippen MR) is 88.0 cm³/mol. The standard InChI is InChI=1S/C17H19Cl2N/c1-12-5-3-6-13(9-12)14(11-20-2)10-15-16(18)7-4-8-17(15)19/h3-9,14,20H,10-11H2,1-2H3. The molecule has 0 aliphatic carbocycles. The second-order valence-electron chi connectivity index (χ2n) is 5.07. The minimum atomic E-state index is 0.359. The Morgan fingerprint density at radius 3 is 2.30 bits per heavy atom. The van der Waals surface area contributed by atoms with Gasteiger partial charge in [-0.05, 0) is 43.7 Å². The van der Waals surface area contributed by atoms with Gasteiger partial charge in [-0.3, -0.25) is 0 Å². The van der Waals surface area contributed by atoms with E-state index in [4.69, 9.17) is 23.2 Å². The fourth-order valence-corrected chi connectivity index (χ4v) is 3.00. The second kappa shape index (κ2) is 7.12. The molecule has 0 aromatic heterocycles. The highest BCUT2D eigenvalue weighted by atomic mass is 35.5. The van der Waals surface area contributed by atoms with E-state index in [0.29, 0.717) is 5.92 Å². The number of rotatable bonds is 5. The number of hydrogen-bond donors (Lipinski definition) is 1. The van der Waals surface area contributed by atoms with Crippen molar-refractivity contribution in [3.8, 4) is 0 Å². The number of nitrogens with one attached hydrogen (secondary N) is 1. The number of halogens is 2. The Kier molecular flexibility index (Phi) is 5.47. The zero-order chi connectivity index (χ0) is 14.5. The van der Waals surface area contributed by atoms with Gasteiger partial charge in [0.15, 0.2) is 0 Å². The van der Waals surface area contributed by atoms with Crippen LogP contribution in [0.4, 0.5) is 0 Å². The van der Waals surface area contributed by atoms with E-state index in [2.05, 4.69) is 36.5 Å². The van der Waals surface area contributed by atoms with E-state index < -0.39 is 0 Å². The summed E-state index contributed by atoms with van der Waals surface area (Å²) in [6.07, 6.45) is 0.836. The lowest BCUT2D eigenvalue weighted by atomic mass is 9.91.